The SMILES string of the molecule is CC(C)(C)c1ccc2ccc3c(c2c1)-c1nc-3nc2[n-]c(nc3nc(nc4[n-]c(n1)c1ccc5ccc(C(C)(C)C)cc5c41)-c1c-3ccc3ccc(C(C)(C)C)cc13)c1ccc3ccc(C(C)(C)C)cc3c21.[Fe+2]. The molecule has 13 rings (SSSR count). The molecule has 2 aliphatic rings. The molecule has 2 aliphatic heterocycles. The second-order valence-corrected chi connectivity index (χ2v) is 24.2. The minimum atomic E-state index is -0.0957. The van der Waals surface area contributed by atoms with Gasteiger partial charge >= 0.3 is 17.1 Å². The number of hydrogen-bond donors (Lipinski definition) is 0. The molecule has 3 aromatic heterocycles. The van der Waals surface area contributed by atoms with Gasteiger partial charge in [-0.1, -0.05) is 180 Å². The van der Waals surface area contributed by atoms with E-state index in [9.17, 15) is 0 Å². The van der Waals surface area contributed by atoms with Gasteiger partial charge in [-0.3, -0.25) is 0 Å². The van der Waals surface area contributed by atoms with Crippen LogP contribution in [-0.2, 0) is 38.7 Å². The maximum absolute atomic E-state index is 5.60. The molecule has 0 saturated carbocycles. The third-order valence-electron chi connectivity index (χ3n) is 15.1. The molecule has 9 heteroatoms. The Kier molecular flexibility index (Phi) is 10.1. The van der Waals surface area contributed by atoms with E-state index >= 15 is 0 Å². The molecule has 0 radical (unpaired) electrons. The summed E-state index contributed by atoms with van der Waals surface area (Å²) < 4.78 is 0. The fraction of sp³-hybridized carbons (Fsp3) is 0.250. The maximum Gasteiger partial charge on any atom is 2.00 e. The number of nitrogens with zero attached hydrogens (tertiary/aromatic N) is 8. The summed E-state index contributed by atoms with van der Waals surface area (Å²) >= 11 is 0. The summed E-state index contributed by atoms with van der Waals surface area (Å²) in [5.41, 5.74) is 10.3. The van der Waals surface area contributed by atoms with E-state index in [0.717, 1.165) is 86.9 Å². The van der Waals surface area contributed by atoms with Gasteiger partial charge in [0, 0.05) is 55.6 Å². The zero-order chi connectivity index (χ0) is 50.0. The molecule has 8 aromatic carbocycles. The maximum atomic E-state index is 5.60. The first kappa shape index (κ1) is 46.7. The molecule has 0 aliphatic carbocycles. The van der Waals surface area contributed by atoms with Crippen LogP contribution in [0.2, 0.25) is 0 Å². The van der Waals surface area contributed by atoms with Crippen molar-refractivity contribution in [1.29, 1.82) is 0 Å². The molecule has 0 N–H and O–H groups in total. The zero-order valence-corrected chi connectivity index (χ0v) is 44.6. The number of fused-ring (bicyclic) bond motifs is 28. The van der Waals surface area contributed by atoms with Gasteiger partial charge in [0.25, 0.3) is 0 Å². The molecule has 0 atom stereocenters. The van der Waals surface area contributed by atoms with Gasteiger partial charge in [0.2, 0.25) is 0 Å². The second-order valence-electron chi connectivity index (χ2n) is 24.2. The van der Waals surface area contributed by atoms with E-state index in [0.29, 0.717) is 45.9 Å². The summed E-state index contributed by atoms with van der Waals surface area (Å²) in [6.45, 7) is 27.0. The van der Waals surface area contributed by atoms with Gasteiger partial charge in [0.05, 0.1) is 23.3 Å². The average molecular weight is 993 g/mol. The molecule has 8 nitrogen and oxygen atoms in total. The second kappa shape index (κ2) is 15.8. The van der Waals surface area contributed by atoms with Crippen molar-refractivity contribution in [2.75, 3.05) is 0 Å². The first-order chi connectivity index (χ1) is 34.2. The molecule has 360 valence electrons. The van der Waals surface area contributed by atoms with Crippen LogP contribution in [0.25, 0.3) is 133 Å². The van der Waals surface area contributed by atoms with Crippen LogP contribution in [0.5, 0.6) is 0 Å². The third-order valence-corrected chi connectivity index (χ3v) is 15.1. The van der Waals surface area contributed by atoms with Gasteiger partial charge in [0.15, 0.2) is 0 Å². The molecule has 73 heavy (non-hydrogen) atoms. The van der Waals surface area contributed by atoms with Gasteiger partial charge in [-0.25, -0.2) is 9.97 Å². The largest absolute Gasteiger partial charge is 2.00 e. The molecule has 8 bridgehead atoms. The predicted molar refractivity (Wildman–Crippen MR) is 299 cm³/mol. The summed E-state index contributed by atoms with van der Waals surface area (Å²) in [5.74, 6) is 2.16. The van der Waals surface area contributed by atoms with Crippen molar-refractivity contribution in [2.45, 2.75) is 105 Å². The van der Waals surface area contributed by atoms with E-state index in [1.54, 1.807) is 0 Å². The standard InChI is InChI=1S/C64H56N8.Fe/c1-61(2,3)37-21-13-33-17-25-41-49(45(33)29-37)57-66-53(41)65-54-42-26-18-35-15-23-39(63(7,8)9)31-47(35)51(42)59(67-54)72-60-52-44(28-20-36-16-24-40(32-48(36)52)64(10,11)12)56(71-60)70-58-50-43(55(68-57)69-58)27-19-34-14-22-38(30-46(34)50)62(4,5)6;/h13-32H,1-12H3;/q-2;+2. The van der Waals surface area contributed by atoms with Gasteiger partial charge in [-0.15, -0.1) is 0 Å². The minimum Gasteiger partial charge on any atom is -0.357 e. The normalized spacial score (nSPS) is 13.1. The van der Waals surface area contributed by atoms with Gasteiger partial charge in [-0.2, -0.15) is 0 Å². The fourth-order valence-electron chi connectivity index (χ4n) is 10.8. The first-order valence-corrected chi connectivity index (χ1v) is 25.2. The third kappa shape index (κ3) is 7.45. The Hall–Kier alpha value is -7.32. The topological polar surface area (TPSA) is 106 Å². The van der Waals surface area contributed by atoms with E-state index < -0.39 is 0 Å². The molecule has 11 aromatic rings. The molecule has 0 spiro atoms. The van der Waals surface area contributed by atoms with E-state index in [-0.39, 0.29) is 38.7 Å². The van der Waals surface area contributed by atoms with Crippen molar-refractivity contribution in [2.24, 2.45) is 0 Å². The van der Waals surface area contributed by atoms with Crippen LogP contribution in [0.1, 0.15) is 105 Å². The summed E-state index contributed by atoms with van der Waals surface area (Å²) in [4.78, 5) is 43.8. The first-order valence-electron chi connectivity index (χ1n) is 25.2. The van der Waals surface area contributed by atoms with Crippen LogP contribution in [0, 0.1) is 0 Å². The number of benzene rings is 8. The Labute approximate surface area is 435 Å². The Morgan fingerprint density at radius 3 is 0.945 bits per heavy atom. The van der Waals surface area contributed by atoms with Crippen molar-refractivity contribution >= 4 is 87.2 Å². The quantitative estimate of drug-likeness (QED) is 0.138. The van der Waals surface area contributed by atoms with Crippen LogP contribution < -0.4 is 9.97 Å². The number of hydrogen-bond acceptors (Lipinski definition) is 6. The molecule has 0 unspecified atom stereocenters. The molecular weight excluding hydrogens is 937 g/mol. The summed E-state index contributed by atoms with van der Waals surface area (Å²) in [7, 11) is 0. The van der Waals surface area contributed by atoms with Crippen LogP contribution in [0.15, 0.2) is 121 Å². The van der Waals surface area contributed by atoms with Gasteiger partial charge in [-0.05, 0) is 122 Å². The Morgan fingerprint density at radius 1 is 0.288 bits per heavy atom. The van der Waals surface area contributed by atoms with Crippen molar-refractivity contribution in [3.8, 4) is 45.6 Å². The smallest absolute Gasteiger partial charge is 0.357 e. The van der Waals surface area contributed by atoms with Crippen molar-refractivity contribution in [1.82, 2.24) is 39.9 Å². The van der Waals surface area contributed by atoms with Crippen LogP contribution in [-0.4, -0.2) is 29.9 Å². The Balaban J connectivity index is 0.00000543. The van der Waals surface area contributed by atoms with Gasteiger partial charge in [0.1, 0.15) is 0 Å². The molecule has 0 fully saturated rings. The molecular formula is C64H56FeN8. The molecule has 0 saturated heterocycles. The van der Waals surface area contributed by atoms with Gasteiger partial charge < -0.3 is 29.9 Å². The predicted octanol–water partition coefficient (Wildman–Crippen LogP) is 15.9. The average Bonchev–Trinajstić information content (AvgIpc) is 4.08. The van der Waals surface area contributed by atoms with E-state index in [1.165, 1.54) is 22.3 Å². The minimum absolute atomic E-state index is 0. The van der Waals surface area contributed by atoms with Crippen LogP contribution in [0.4, 0.5) is 0 Å². The number of aromatic nitrogens is 8. The zero-order valence-electron chi connectivity index (χ0n) is 43.5. The van der Waals surface area contributed by atoms with E-state index in [2.05, 4.69) is 204 Å². The Bertz CT molecular complexity index is 4380. The van der Waals surface area contributed by atoms with E-state index in [4.69, 9.17) is 39.9 Å². The van der Waals surface area contributed by atoms with Crippen LogP contribution >= 0.6 is 0 Å². The monoisotopic (exact) mass is 992 g/mol. The van der Waals surface area contributed by atoms with Crippen LogP contribution in [0.3, 0.4) is 0 Å². The molecule has 5 heterocycles. The molecule has 0 amide bonds. The fourth-order valence-corrected chi connectivity index (χ4v) is 10.8. The van der Waals surface area contributed by atoms with Crippen molar-refractivity contribution in [3.63, 3.8) is 0 Å². The van der Waals surface area contributed by atoms with E-state index in [1.807, 2.05) is 0 Å². The van der Waals surface area contributed by atoms with Crippen molar-refractivity contribution in [3.05, 3.63) is 144 Å². The number of rotatable bonds is 0. The van der Waals surface area contributed by atoms with Crippen molar-refractivity contribution < 1.29 is 17.1 Å². The summed E-state index contributed by atoms with van der Waals surface area (Å²) in [6.07, 6.45) is 0. The summed E-state index contributed by atoms with van der Waals surface area (Å²) in [6, 6.07) is 44.2. The Morgan fingerprint density at radius 2 is 0.575 bits per heavy atom. The summed E-state index contributed by atoms with van der Waals surface area (Å²) in [5, 5.41) is 12.2.